The Morgan fingerprint density at radius 3 is 2.50 bits per heavy atom. The maximum Gasteiger partial charge on any atom is 0.241 e. The summed E-state index contributed by atoms with van der Waals surface area (Å²) in [6.07, 6.45) is 3.27. The molecular formula is C12H15N3O2S. The van der Waals surface area contributed by atoms with Gasteiger partial charge in [-0.1, -0.05) is 17.7 Å². The van der Waals surface area contributed by atoms with E-state index in [0.717, 1.165) is 11.1 Å². The number of aromatic nitrogens is 2. The quantitative estimate of drug-likeness (QED) is 0.884. The number of aryl methyl sites for hydroxylation is 1. The van der Waals surface area contributed by atoms with Gasteiger partial charge in [0.1, 0.15) is 0 Å². The van der Waals surface area contributed by atoms with Crippen molar-refractivity contribution in [2.24, 2.45) is 0 Å². The molecule has 0 radical (unpaired) electrons. The number of H-pyrrole nitrogens is 1. The van der Waals surface area contributed by atoms with Gasteiger partial charge in [0.2, 0.25) is 10.0 Å². The molecule has 2 aromatic rings. The molecule has 5 nitrogen and oxygen atoms in total. The Hall–Kier alpha value is -1.66. The first-order valence-electron chi connectivity index (χ1n) is 5.57. The smallest absolute Gasteiger partial charge is 0.241 e. The fourth-order valence-corrected chi connectivity index (χ4v) is 2.82. The predicted molar refractivity (Wildman–Crippen MR) is 68.5 cm³/mol. The lowest BCUT2D eigenvalue weighted by Gasteiger charge is -2.12. The summed E-state index contributed by atoms with van der Waals surface area (Å²) >= 11 is 0. The Labute approximate surface area is 106 Å². The third-order valence-corrected chi connectivity index (χ3v) is 4.24. The van der Waals surface area contributed by atoms with Crippen molar-refractivity contribution >= 4 is 10.0 Å². The average Bonchev–Trinajstić information content (AvgIpc) is 2.82. The molecule has 1 aromatic heterocycles. The van der Waals surface area contributed by atoms with Crippen molar-refractivity contribution in [1.82, 2.24) is 14.9 Å². The largest absolute Gasteiger partial charge is 0.285 e. The molecule has 18 heavy (non-hydrogen) atoms. The van der Waals surface area contributed by atoms with Gasteiger partial charge in [-0.15, -0.1) is 0 Å². The van der Waals surface area contributed by atoms with Gasteiger partial charge < -0.3 is 0 Å². The molecule has 0 aliphatic rings. The number of nitrogens with zero attached hydrogens (tertiary/aromatic N) is 1. The van der Waals surface area contributed by atoms with Crippen LogP contribution in [0, 0.1) is 6.92 Å². The predicted octanol–water partition coefficient (Wildman–Crippen LogP) is 1.76. The molecule has 1 aromatic carbocycles. The Kier molecular flexibility index (Phi) is 3.49. The van der Waals surface area contributed by atoms with Crippen LogP contribution in [-0.4, -0.2) is 18.6 Å². The Balaban J connectivity index is 2.20. The van der Waals surface area contributed by atoms with Gasteiger partial charge in [-0.25, -0.2) is 13.1 Å². The van der Waals surface area contributed by atoms with Crippen LogP contribution >= 0.6 is 0 Å². The number of sulfonamides is 1. The second kappa shape index (κ2) is 4.91. The number of hydrogen-bond donors (Lipinski definition) is 2. The first-order chi connectivity index (χ1) is 8.49. The van der Waals surface area contributed by atoms with E-state index < -0.39 is 10.0 Å². The molecule has 1 atom stereocenters. The van der Waals surface area contributed by atoms with Crippen LogP contribution in [0.25, 0.3) is 0 Å². The van der Waals surface area contributed by atoms with Crippen LogP contribution in [0.1, 0.15) is 24.1 Å². The number of benzene rings is 1. The van der Waals surface area contributed by atoms with Crippen LogP contribution in [0.4, 0.5) is 0 Å². The van der Waals surface area contributed by atoms with Crippen LogP contribution in [-0.2, 0) is 10.0 Å². The summed E-state index contributed by atoms with van der Waals surface area (Å²) < 4.78 is 26.8. The molecule has 0 spiro atoms. The van der Waals surface area contributed by atoms with Gasteiger partial charge in [-0.3, -0.25) is 5.10 Å². The maximum absolute atomic E-state index is 12.1. The summed E-state index contributed by atoms with van der Waals surface area (Å²) in [5.41, 5.74) is 1.82. The van der Waals surface area contributed by atoms with Crippen molar-refractivity contribution < 1.29 is 8.42 Å². The Bertz CT molecular complexity index is 603. The normalized spacial score (nSPS) is 13.4. The van der Waals surface area contributed by atoms with Gasteiger partial charge in [-0.05, 0) is 26.0 Å². The molecular weight excluding hydrogens is 250 g/mol. The standard InChI is InChI=1S/C12H15N3O2S/c1-9-3-5-12(6-4-9)18(16,17)15-10(2)11-7-13-14-8-11/h3-8,10,15H,1-2H3,(H,13,14). The highest BCUT2D eigenvalue weighted by molar-refractivity contribution is 7.89. The van der Waals surface area contributed by atoms with Crippen molar-refractivity contribution in [3.05, 3.63) is 47.8 Å². The number of rotatable bonds is 4. The molecule has 0 aliphatic carbocycles. The molecule has 0 amide bonds. The maximum atomic E-state index is 12.1. The van der Waals surface area contributed by atoms with E-state index in [-0.39, 0.29) is 10.9 Å². The minimum absolute atomic E-state index is 0.267. The SMILES string of the molecule is Cc1ccc(S(=O)(=O)NC(C)c2cn[nH]c2)cc1. The van der Waals surface area contributed by atoms with Crippen LogP contribution in [0.5, 0.6) is 0 Å². The molecule has 0 saturated heterocycles. The van der Waals surface area contributed by atoms with Gasteiger partial charge in [0.25, 0.3) is 0 Å². The van der Waals surface area contributed by atoms with Crippen LogP contribution < -0.4 is 4.72 Å². The first-order valence-corrected chi connectivity index (χ1v) is 7.05. The number of aromatic amines is 1. The van der Waals surface area contributed by atoms with E-state index in [1.165, 1.54) is 0 Å². The van der Waals surface area contributed by atoms with Crippen molar-refractivity contribution in [2.75, 3.05) is 0 Å². The zero-order valence-electron chi connectivity index (χ0n) is 10.2. The minimum atomic E-state index is -3.49. The molecule has 2 N–H and O–H groups in total. The van der Waals surface area contributed by atoms with E-state index in [4.69, 9.17) is 0 Å². The monoisotopic (exact) mass is 265 g/mol. The third kappa shape index (κ3) is 2.77. The van der Waals surface area contributed by atoms with Crippen molar-refractivity contribution in [2.45, 2.75) is 24.8 Å². The molecule has 0 aliphatic heterocycles. The minimum Gasteiger partial charge on any atom is -0.285 e. The van der Waals surface area contributed by atoms with Crippen LogP contribution in [0.3, 0.4) is 0 Å². The highest BCUT2D eigenvalue weighted by atomic mass is 32.2. The molecule has 6 heteroatoms. The molecule has 0 bridgehead atoms. The third-order valence-electron chi connectivity index (χ3n) is 2.68. The average molecular weight is 265 g/mol. The lowest BCUT2D eigenvalue weighted by molar-refractivity contribution is 0.567. The summed E-state index contributed by atoms with van der Waals surface area (Å²) in [5, 5.41) is 6.46. The molecule has 0 fully saturated rings. The van der Waals surface area contributed by atoms with Crippen LogP contribution in [0.15, 0.2) is 41.6 Å². The van der Waals surface area contributed by atoms with E-state index in [1.54, 1.807) is 43.6 Å². The van der Waals surface area contributed by atoms with E-state index in [2.05, 4.69) is 14.9 Å². The fourth-order valence-electron chi connectivity index (χ4n) is 1.58. The highest BCUT2D eigenvalue weighted by Gasteiger charge is 2.18. The van der Waals surface area contributed by atoms with E-state index in [1.807, 2.05) is 6.92 Å². The van der Waals surface area contributed by atoms with E-state index in [0.29, 0.717) is 0 Å². The summed E-state index contributed by atoms with van der Waals surface area (Å²) in [4.78, 5) is 0.267. The van der Waals surface area contributed by atoms with Crippen molar-refractivity contribution in [3.8, 4) is 0 Å². The summed E-state index contributed by atoms with van der Waals surface area (Å²) in [6, 6.07) is 6.42. The molecule has 2 rings (SSSR count). The second-order valence-corrected chi connectivity index (χ2v) is 5.90. The molecule has 1 unspecified atom stereocenters. The van der Waals surface area contributed by atoms with Gasteiger partial charge >= 0.3 is 0 Å². The summed E-state index contributed by atoms with van der Waals surface area (Å²) in [6.45, 7) is 3.69. The van der Waals surface area contributed by atoms with Gasteiger partial charge in [-0.2, -0.15) is 5.10 Å². The van der Waals surface area contributed by atoms with Gasteiger partial charge in [0.15, 0.2) is 0 Å². The van der Waals surface area contributed by atoms with Crippen molar-refractivity contribution in [3.63, 3.8) is 0 Å². The molecule has 1 heterocycles. The fraction of sp³-hybridized carbons (Fsp3) is 0.250. The Morgan fingerprint density at radius 2 is 1.94 bits per heavy atom. The molecule has 0 saturated carbocycles. The summed E-state index contributed by atoms with van der Waals surface area (Å²) in [7, 11) is -3.49. The van der Waals surface area contributed by atoms with Gasteiger partial charge in [0.05, 0.1) is 11.1 Å². The number of nitrogens with one attached hydrogen (secondary N) is 2. The number of hydrogen-bond acceptors (Lipinski definition) is 3. The van der Waals surface area contributed by atoms with Crippen LogP contribution in [0.2, 0.25) is 0 Å². The second-order valence-electron chi connectivity index (χ2n) is 4.19. The van der Waals surface area contributed by atoms with E-state index in [9.17, 15) is 8.42 Å². The topological polar surface area (TPSA) is 74.8 Å². The lowest BCUT2D eigenvalue weighted by atomic mass is 10.2. The zero-order valence-corrected chi connectivity index (χ0v) is 11.0. The van der Waals surface area contributed by atoms with Crippen molar-refractivity contribution in [1.29, 1.82) is 0 Å². The van der Waals surface area contributed by atoms with E-state index >= 15 is 0 Å². The zero-order chi connectivity index (χ0) is 13.2. The lowest BCUT2D eigenvalue weighted by Crippen LogP contribution is -2.26. The summed E-state index contributed by atoms with van der Waals surface area (Å²) in [5.74, 6) is 0. The van der Waals surface area contributed by atoms with Gasteiger partial charge in [0, 0.05) is 17.8 Å². The first kappa shape index (κ1) is 12.8. The Morgan fingerprint density at radius 1 is 1.28 bits per heavy atom. The molecule has 96 valence electrons. The highest BCUT2D eigenvalue weighted by Crippen LogP contribution is 2.16.